The molecule has 0 aliphatic heterocycles. The van der Waals surface area contributed by atoms with Crippen LogP contribution >= 0.6 is 0 Å². The highest BCUT2D eigenvalue weighted by atomic mass is 16.5. The predicted octanol–water partition coefficient (Wildman–Crippen LogP) is 5.02. The summed E-state index contributed by atoms with van der Waals surface area (Å²) in [6, 6.07) is 8.07. The topological polar surface area (TPSA) is 49.5 Å². The average molecular weight is 356 g/mol. The lowest BCUT2D eigenvalue weighted by molar-refractivity contribution is -0.816. The standard InChI is InChI=1S/C22H30NO3/c1-8-26-21(24)19-12-17(13-23(25)22(5,6)7)18-11-16(14(2)3)10-9-15(4)20(18)19/h9-14,25H,8H2,1-7H3/q+1. The molecule has 0 aromatic carbocycles. The molecule has 0 saturated carbocycles. The van der Waals surface area contributed by atoms with Crippen molar-refractivity contribution in [1.82, 2.24) is 0 Å². The number of carbonyl (C=O) groups is 1. The number of ether oxygens (including phenoxy) is 1. The van der Waals surface area contributed by atoms with Gasteiger partial charge in [0.15, 0.2) is 0 Å². The number of aryl methyl sites for hydroxylation is 1. The van der Waals surface area contributed by atoms with Crippen LogP contribution in [-0.4, -0.2) is 34.3 Å². The molecule has 0 unspecified atom stereocenters. The van der Waals surface area contributed by atoms with Gasteiger partial charge in [-0.2, -0.15) is 0 Å². The Morgan fingerprint density at radius 2 is 1.92 bits per heavy atom. The molecule has 1 N–H and O–H groups in total. The molecule has 2 aliphatic rings. The summed E-state index contributed by atoms with van der Waals surface area (Å²) in [4.78, 5) is 12.5. The number of fused-ring (bicyclic) bond motifs is 1. The van der Waals surface area contributed by atoms with Gasteiger partial charge in [0, 0.05) is 20.8 Å². The molecule has 0 amide bonds. The third-order valence-corrected chi connectivity index (χ3v) is 4.49. The number of nitrogens with zero attached hydrogens (tertiary/aromatic N) is 1. The smallest absolute Gasteiger partial charge is 0.338 e. The number of carbonyl (C=O) groups excluding carboxylic acids is 1. The zero-order chi connectivity index (χ0) is 19.6. The van der Waals surface area contributed by atoms with Crippen LogP contribution in [0, 0.1) is 6.92 Å². The van der Waals surface area contributed by atoms with Gasteiger partial charge in [0.25, 0.3) is 0 Å². The zero-order valence-corrected chi connectivity index (χ0v) is 16.9. The highest BCUT2D eigenvalue weighted by molar-refractivity contribution is 6.05. The number of esters is 1. The van der Waals surface area contributed by atoms with Crippen molar-refractivity contribution in [2.24, 2.45) is 0 Å². The first kappa shape index (κ1) is 20.0. The van der Waals surface area contributed by atoms with Crippen molar-refractivity contribution in [3.8, 4) is 11.1 Å². The van der Waals surface area contributed by atoms with Gasteiger partial charge in [-0.3, -0.25) is 5.21 Å². The summed E-state index contributed by atoms with van der Waals surface area (Å²) in [5.74, 6) is 0.0180. The van der Waals surface area contributed by atoms with E-state index >= 15 is 0 Å². The van der Waals surface area contributed by atoms with Gasteiger partial charge >= 0.3 is 5.97 Å². The summed E-state index contributed by atoms with van der Waals surface area (Å²) in [5, 5.41) is 10.4. The second-order valence-electron chi connectivity index (χ2n) is 7.98. The maximum atomic E-state index is 12.5. The molecule has 140 valence electrons. The Morgan fingerprint density at radius 1 is 1.27 bits per heavy atom. The molecule has 4 nitrogen and oxygen atoms in total. The minimum Gasteiger partial charge on any atom is -0.462 e. The van der Waals surface area contributed by atoms with Crippen molar-refractivity contribution in [2.45, 2.75) is 59.9 Å². The van der Waals surface area contributed by atoms with Crippen LogP contribution in [0.25, 0.3) is 11.1 Å². The van der Waals surface area contributed by atoms with Crippen molar-refractivity contribution in [2.75, 3.05) is 6.61 Å². The third kappa shape index (κ3) is 4.06. The SMILES string of the molecule is CCOC(=O)c1cc(C=[N+](O)C(C)(C)C)c2cc(C(C)C)ccc(C)c1-2. The number of hydrogen-bond acceptors (Lipinski definition) is 3. The largest absolute Gasteiger partial charge is 0.462 e. The Morgan fingerprint density at radius 3 is 2.46 bits per heavy atom. The van der Waals surface area contributed by atoms with E-state index in [4.69, 9.17) is 4.74 Å². The van der Waals surface area contributed by atoms with Crippen molar-refractivity contribution >= 4 is 12.2 Å². The molecule has 26 heavy (non-hydrogen) atoms. The molecule has 0 saturated heterocycles. The summed E-state index contributed by atoms with van der Waals surface area (Å²) in [6.07, 6.45) is 1.69. The average Bonchev–Trinajstić information content (AvgIpc) is 2.78. The van der Waals surface area contributed by atoms with Gasteiger partial charge in [-0.05, 0) is 52.8 Å². The molecular formula is C22H30NO3+. The van der Waals surface area contributed by atoms with Gasteiger partial charge in [-0.15, -0.1) is 0 Å². The maximum Gasteiger partial charge on any atom is 0.338 e. The van der Waals surface area contributed by atoms with Gasteiger partial charge in [0.05, 0.1) is 17.7 Å². The van der Waals surface area contributed by atoms with Crippen LogP contribution in [0.1, 0.15) is 74.5 Å². The summed E-state index contributed by atoms with van der Waals surface area (Å²) in [5.41, 5.74) is 4.92. The summed E-state index contributed by atoms with van der Waals surface area (Å²) >= 11 is 0. The molecule has 2 rings (SSSR count). The van der Waals surface area contributed by atoms with Crippen LogP contribution < -0.4 is 0 Å². The van der Waals surface area contributed by atoms with Gasteiger partial charge in [0.2, 0.25) is 11.8 Å². The Hall–Kier alpha value is -2.36. The predicted molar refractivity (Wildman–Crippen MR) is 105 cm³/mol. The minimum atomic E-state index is -0.444. The van der Waals surface area contributed by atoms with Crippen LogP contribution in [-0.2, 0) is 4.74 Å². The second kappa shape index (κ2) is 7.48. The van der Waals surface area contributed by atoms with Gasteiger partial charge < -0.3 is 4.74 Å². The fourth-order valence-electron chi connectivity index (χ4n) is 2.86. The molecule has 0 atom stereocenters. The van der Waals surface area contributed by atoms with Crippen molar-refractivity contribution in [3.63, 3.8) is 0 Å². The highest BCUT2D eigenvalue weighted by Crippen LogP contribution is 2.36. The lowest BCUT2D eigenvalue weighted by Gasteiger charge is -2.09. The normalized spacial score (nSPS) is 12.7. The molecule has 0 radical (unpaired) electrons. The third-order valence-electron chi connectivity index (χ3n) is 4.49. The molecule has 4 heteroatoms. The first-order chi connectivity index (χ1) is 12.1. The van der Waals surface area contributed by atoms with Crippen LogP contribution in [0.5, 0.6) is 0 Å². The molecular weight excluding hydrogens is 326 g/mol. The van der Waals surface area contributed by atoms with E-state index in [0.29, 0.717) is 18.1 Å². The summed E-state index contributed by atoms with van der Waals surface area (Å²) in [6.45, 7) is 14.2. The maximum absolute atomic E-state index is 12.5. The molecule has 0 bridgehead atoms. The quantitative estimate of drug-likeness (QED) is 0.275. The summed E-state index contributed by atoms with van der Waals surface area (Å²) < 4.78 is 6.44. The Balaban J connectivity index is 2.79. The van der Waals surface area contributed by atoms with Gasteiger partial charge in [-0.1, -0.05) is 32.0 Å². The number of rotatable bonds is 4. The van der Waals surface area contributed by atoms with Crippen LogP contribution in [0.3, 0.4) is 0 Å². The fraction of sp³-hybridized carbons (Fsp3) is 0.455. The second-order valence-corrected chi connectivity index (χ2v) is 7.98. The van der Waals surface area contributed by atoms with Gasteiger partial charge in [0.1, 0.15) is 0 Å². The van der Waals surface area contributed by atoms with E-state index in [1.807, 2.05) is 39.8 Å². The first-order valence-electron chi connectivity index (χ1n) is 9.13. The highest BCUT2D eigenvalue weighted by Gasteiger charge is 2.28. The summed E-state index contributed by atoms with van der Waals surface area (Å²) in [7, 11) is 0. The van der Waals surface area contributed by atoms with E-state index < -0.39 is 5.54 Å². The van der Waals surface area contributed by atoms with Crippen LogP contribution in [0.15, 0.2) is 24.3 Å². The van der Waals surface area contributed by atoms with Crippen molar-refractivity contribution < 1.29 is 19.5 Å². The minimum absolute atomic E-state index is 0.327. The molecule has 0 heterocycles. The van der Waals surface area contributed by atoms with Crippen molar-refractivity contribution in [1.29, 1.82) is 0 Å². The lowest BCUT2D eigenvalue weighted by atomic mass is 10.0. The molecule has 0 aromatic heterocycles. The van der Waals surface area contributed by atoms with Crippen LogP contribution in [0.4, 0.5) is 0 Å². The zero-order valence-electron chi connectivity index (χ0n) is 16.9. The van der Waals surface area contributed by atoms with Crippen LogP contribution in [0.2, 0.25) is 0 Å². The Bertz CT molecular complexity index is 813. The van der Waals surface area contributed by atoms with E-state index in [9.17, 15) is 10.0 Å². The molecule has 0 spiro atoms. The first-order valence-corrected chi connectivity index (χ1v) is 9.13. The Labute approximate surface area is 156 Å². The van der Waals surface area contributed by atoms with E-state index in [1.165, 1.54) is 10.3 Å². The molecule has 2 aliphatic carbocycles. The molecule has 0 fully saturated rings. The van der Waals surface area contributed by atoms with E-state index in [1.54, 1.807) is 13.1 Å². The monoisotopic (exact) mass is 356 g/mol. The fourth-order valence-corrected chi connectivity index (χ4v) is 2.86. The van der Waals surface area contributed by atoms with E-state index in [0.717, 1.165) is 22.3 Å². The van der Waals surface area contributed by atoms with E-state index in [-0.39, 0.29) is 5.97 Å². The van der Waals surface area contributed by atoms with E-state index in [2.05, 4.69) is 26.0 Å². The Kier molecular flexibility index (Phi) is 5.74. The number of hydrogen-bond donors (Lipinski definition) is 1. The van der Waals surface area contributed by atoms with Crippen molar-refractivity contribution in [3.05, 3.63) is 46.5 Å². The lowest BCUT2D eigenvalue weighted by Crippen LogP contribution is -2.31. The molecule has 0 aromatic rings. The number of hydroxylamine groups is 1. The van der Waals surface area contributed by atoms with Gasteiger partial charge in [-0.25, -0.2) is 4.79 Å².